The van der Waals surface area contributed by atoms with Crippen molar-refractivity contribution in [2.24, 2.45) is 0 Å². The van der Waals surface area contributed by atoms with Crippen LogP contribution >= 0.6 is 18.2 Å². The average Bonchev–Trinajstić information content (AvgIpc) is 2.46. The topological polar surface area (TPSA) is 118 Å². The molecule has 6 nitrogen and oxygen atoms in total. The zero-order valence-electron chi connectivity index (χ0n) is 12.9. The first kappa shape index (κ1) is 18.8. The van der Waals surface area contributed by atoms with Crippen molar-refractivity contribution in [1.29, 1.82) is 0 Å². The van der Waals surface area contributed by atoms with E-state index in [1.165, 1.54) is 18.2 Å². The van der Waals surface area contributed by atoms with E-state index < -0.39 is 12.9 Å². The van der Waals surface area contributed by atoms with Gasteiger partial charge in [0.1, 0.15) is 11.5 Å². The van der Waals surface area contributed by atoms with Gasteiger partial charge >= 0.3 is 6.80 Å². The maximum Gasteiger partial charge on any atom is 0.388 e. The summed E-state index contributed by atoms with van der Waals surface area (Å²) in [7, 11) is 0. The van der Waals surface area contributed by atoms with Crippen molar-refractivity contribution in [2.75, 3.05) is 0 Å². The van der Waals surface area contributed by atoms with Crippen LogP contribution < -0.4 is 0 Å². The van der Waals surface area contributed by atoms with Gasteiger partial charge in [0.05, 0.1) is 6.10 Å². The Morgan fingerprint density at radius 3 is 2.29 bits per heavy atom. The minimum Gasteiger partial charge on any atom is -0.508 e. The molecule has 0 aromatic heterocycles. The molecule has 0 aliphatic rings. The third-order valence-electron chi connectivity index (χ3n) is 3.63. The molecular formula is C16H19O6PS. The highest BCUT2D eigenvalue weighted by atomic mass is 32.7. The van der Waals surface area contributed by atoms with Crippen LogP contribution in [0.15, 0.2) is 47.4 Å². The molecule has 0 fully saturated rings. The fourth-order valence-electron chi connectivity index (χ4n) is 2.47. The first-order valence-corrected chi connectivity index (χ1v) is 10.2. The standard InChI is InChI=1S/C16H19O6PS/c1-10(11-5-7-12(17)8-6-11)9-14(19)16-13(18)3-2-4-15(16)24-23(20,21)22/h2-8,10,14,17-19H,9H2,1H3,(H2,20,21,22). The van der Waals surface area contributed by atoms with E-state index in [1.54, 1.807) is 24.3 Å². The third-order valence-corrected chi connectivity index (χ3v) is 5.73. The summed E-state index contributed by atoms with van der Waals surface area (Å²) in [4.78, 5) is 18.4. The molecule has 0 bridgehead atoms. The van der Waals surface area contributed by atoms with Crippen LogP contribution in [0.4, 0.5) is 0 Å². The van der Waals surface area contributed by atoms with Crippen LogP contribution in [0.5, 0.6) is 11.5 Å². The molecule has 0 heterocycles. The second kappa shape index (κ2) is 7.59. The van der Waals surface area contributed by atoms with Gasteiger partial charge in [0, 0.05) is 10.5 Å². The maximum absolute atomic E-state index is 11.2. The Labute approximate surface area is 143 Å². The van der Waals surface area contributed by atoms with Gasteiger partial charge < -0.3 is 25.1 Å². The number of phenols is 2. The summed E-state index contributed by atoms with van der Waals surface area (Å²) in [6, 6.07) is 10.9. The van der Waals surface area contributed by atoms with Crippen LogP contribution in [-0.2, 0) is 4.57 Å². The zero-order valence-corrected chi connectivity index (χ0v) is 14.6. The van der Waals surface area contributed by atoms with Crippen molar-refractivity contribution >= 4 is 18.2 Å². The van der Waals surface area contributed by atoms with Gasteiger partial charge in [0.2, 0.25) is 0 Å². The second-order valence-corrected chi connectivity index (χ2v) is 9.09. The van der Waals surface area contributed by atoms with E-state index in [0.29, 0.717) is 11.4 Å². The Morgan fingerprint density at radius 2 is 1.71 bits per heavy atom. The van der Waals surface area contributed by atoms with Crippen LogP contribution in [-0.4, -0.2) is 25.1 Å². The molecule has 0 aliphatic heterocycles. The molecular weight excluding hydrogens is 351 g/mol. The minimum atomic E-state index is -4.41. The monoisotopic (exact) mass is 370 g/mol. The molecule has 2 atom stereocenters. The summed E-state index contributed by atoms with van der Waals surface area (Å²) in [5.41, 5.74) is 1.00. The molecule has 0 spiro atoms. The number of aromatic hydroxyl groups is 2. The molecule has 0 aliphatic carbocycles. The van der Waals surface area contributed by atoms with Gasteiger partial charge in [0.15, 0.2) is 0 Å². The van der Waals surface area contributed by atoms with E-state index in [9.17, 15) is 19.9 Å². The Kier molecular flexibility index (Phi) is 5.96. The van der Waals surface area contributed by atoms with Gasteiger partial charge in [-0.25, -0.2) is 4.57 Å². The molecule has 24 heavy (non-hydrogen) atoms. The predicted molar refractivity (Wildman–Crippen MR) is 92.1 cm³/mol. The number of aliphatic hydroxyl groups excluding tert-OH is 1. The molecule has 0 saturated heterocycles. The third kappa shape index (κ3) is 5.00. The Morgan fingerprint density at radius 1 is 1.08 bits per heavy atom. The van der Waals surface area contributed by atoms with E-state index in [4.69, 9.17) is 9.79 Å². The van der Waals surface area contributed by atoms with E-state index >= 15 is 0 Å². The van der Waals surface area contributed by atoms with E-state index in [2.05, 4.69) is 0 Å². The van der Waals surface area contributed by atoms with E-state index in [0.717, 1.165) is 5.56 Å². The normalized spacial score (nSPS) is 14.3. The molecule has 2 unspecified atom stereocenters. The molecule has 130 valence electrons. The number of aliphatic hydroxyl groups is 1. The van der Waals surface area contributed by atoms with Crippen molar-refractivity contribution in [3.63, 3.8) is 0 Å². The van der Waals surface area contributed by atoms with Crippen molar-refractivity contribution in [3.8, 4) is 11.5 Å². The second-order valence-electron chi connectivity index (χ2n) is 5.51. The molecule has 0 radical (unpaired) electrons. The minimum absolute atomic E-state index is 0.0897. The summed E-state index contributed by atoms with van der Waals surface area (Å²) in [6.45, 7) is -2.52. The maximum atomic E-state index is 11.2. The number of hydrogen-bond donors (Lipinski definition) is 5. The fourth-order valence-corrected chi connectivity index (χ4v) is 4.45. The van der Waals surface area contributed by atoms with Crippen molar-refractivity contribution in [3.05, 3.63) is 53.6 Å². The number of phenolic OH excluding ortho intramolecular Hbond substituents is 2. The lowest BCUT2D eigenvalue weighted by Gasteiger charge is -2.20. The lowest BCUT2D eigenvalue weighted by atomic mass is 9.92. The molecule has 2 rings (SSSR count). The highest BCUT2D eigenvalue weighted by molar-refractivity contribution is 8.54. The Bertz CT molecular complexity index is 743. The highest BCUT2D eigenvalue weighted by Crippen LogP contribution is 2.57. The quantitative estimate of drug-likeness (QED) is 0.494. The van der Waals surface area contributed by atoms with Crippen LogP contribution in [0.2, 0.25) is 0 Å². The van der Waals surface area contributed by atoms with Gasteiger partial charge in [-0.05, 0) is 53.5 Å². The zero-order chi connectivity index (χ0) is 17.9. The fraction of sp³-hybridized carbons (Fsp3) is 0.250. The van der Waals surface area contributed by atoms with Crippen LogP contribution in [0.1, 0.15) is 36.5 Å². The van der Waals surface area contributed by atoms with Crippen LogP contribution in [0.3, 0.4) is 0 Å². The lowest BCUT2D eigenvalue weighted by molar-refractivity contribution is 0.153. The molecule has 2 aromatic carbocycles. The van der Waals surface area contributed by atoms with Gasteiger partial charge in [0.25, 0.3) is 0 Å². The molecule has 0 amide bonds. The van der Waals surface area contributed by atoms with Crippen molar-refractivity contribution in [2.45, 2.75) is 30.3 Å². The van der Waals surface area contributed by atoms with Gasteiger partial charge in [-0.2, -0.15) is 0 Å². The highest BCUT2D eigenvalue weighted by Gasteiger charge is 2.25. The summed E-state index contributed by atoms with van der Waals surface area (Å²) < 4.78 is 11.2. The SMILES string of the molecule is CC(CC(O)c1c(O)cccc1SP(=O)(O)O)c1ccc(O)cc1. The summed E-state index contributed by atoms with van der Waals surface area (Å²) in [6.07, 6.45) is -0.846. The van der Waals surface area contributed by atoms with E-state index in [-0.39, 0.29) is 34.3 Å². The average molecular weight is 370 g/mol. The van der Waals surface area contributed by atoms with Crippen molar-refractivity contribution < 1.29 is 29.7 Å². The summed E-state index contributed by atoms with van der Waals surface area (Å²) in [5, 5.41) is 29.8. The summed E-state index contributed by atoms with van der Waals surface area (Å²) >= 11 is 0.308. The number of hydrogen-bond acceptors (Lipinski definition) is 5. The van der Waals surface area contributed by atoms with Gasteiger partial charge in [-0.3, -0.25) is 0 Å². The van der Waals surface area contributed by atoms with Crippen molar-refractivity contribution in [1.82, 2.24) is 0 Å². The van der Waals surface area contributed by atoms with Gasteiger partial charge in [-0.1, -0.05) is 25.1 Å². The predicted octanol–water partition coefficient (Wildman–Crippen LogP) is 3.51. The Hall–Kier alpha value is -1.50. The number of benzene rings is 2. The summed E-state index contributed by atoms with van der Waals surface area (Å²) in [5.74, 6) is -0.153. The molecule has 2 aromatic rings. The molecule has 5 N–H and O–H groups in total. The van der Waals surface area contributed by atoms with Crippen LogP contribution in [0, 0.1) is 0 Å². The lowest BCUT2D eigenvalue weighted by Crippen LogP contribution is -2.05. The Balaban J connectivity index is 2.24. The molecule has 0 saturated carbocycles. The first-order valence-electron chi connectivity index (χ1n) is 7.21. The smallest absolute Gasteiger partial charge is 0.388 e. The van der Waals surface area contributed by atoms with Gasteiger partial charge in [-0.15, -0.1) is 0 Å². The largest absolute Gasteiger partial charge is 0.508 e. The first-order chi connectivity index (χ1) is 11.2. The molecule has 8 heteroatoms. The van der Waals surface area contributed by atoms with Crippen LogP contribution in [0.25, 0.3) is 0 Å². The van der Waals surface area contributed by atoms with E-state index in [1.807, 2.05) is 6.92 Å². The number of rotatable bonds is 6.